The average Bonchev–Trinajstić information content (AvgIpc) is 2.29. The van der Waals surface area contributed by atoms with E-state index >= 15 is 0 Å². The fraction of sp³-hybridized carbons (Fsp3) is 0.417. The van der Waals surface area contributed by atoms with E-state index in [0.717, 1.165) is 13.1 Å². The summed E-state index contributed by atoms with van der Waals surface area (Å²) in [5.74, 6) is -0.310. The first kappa shape index (κ1) is 12.6. The summed E-state index contributed by atoms with van der Waals surface area (Å²) in [5, 5.41) is 11.7. The van der Waals surface area contributed by atoms with Crippen LogP contribution in [0.15, 0.2) is 18.2 Å². The lowest BCUT2D eigenvalue weighted by Gasteiger charge is -2.16. The first-order chi connectivity index (χ1) is 7.67. The van der Waals surface area contributed by atoms with Gasteiger partial charge in [-0.2, -0.15) is 5.26 Å². The number of nitrogens with one attached hydrogen (secondary N) is 1. The van der Waals surface area contributed by atoms with E-state index in [1.54, 1.807) is 12.1 Å². The van der Waals surface area contributed by atoms with Crippen molar-refractivity contribution in [2.45, 2.75) is 6.54 Å². The number of hydrogen-bond acceptors (Lipinski definition) is 3. The average molecular weight is 221 g/mol. The van der Waals surface area contributed by atoms with Gasteiger partial charge in [0, 0.05) is 25.2 Å². The van der Waals surface area contributed by atoms with Crippen LogP contribution in [0.25, 0.3) is 0 Å². The van der Waals surface area contributed by atoms with Crippen molar-refractivity contribution in [1.29, 1.82) is 5.26 Å². The van der Waals surface area contributed by atoms with E-state index in [4.69, 9.17) is 5.26 Å². The number of nitriles is 1. The summed E-state index contributed by atoms with van der Waals surface area (Å²) in [6, 6.07) is 6.51. The third kappa shape index (κ3) is 3.61. The zero-order valence-electron chi connectivity index (χ0n) is 9.63. The van der Waals surface area contributed by atoms with Crippen LogP contribution >= 0.6 is 0 Å². The molecule has 0 aliphatic heterocycles. The van der Waals surface area contributed by atoms with Crippen molar-refractivity contribution in [3.8, 4) is 6.07 Å². The molecule has 0 saturated carbocycles. The van der Waals surface area contributed by atoms with Crippen molar-refractivity contribution in [1.82, 2.24) is 10.2 Å². The van der Waals surface area contributed by atoms with Crippen molar-refractivity contribution >= 4 is 0 Å². The molecule has 0 saturated heterocycles. The first-order valence-corrected chi connectivity index (χ1v) is 5.19. The molecule has 0 fully saturated rings. The van der Waals surface area contributed by atoms with Gasteiger partial charge in [-0.25, -0.2) is 4.39 Å². The van der Waals surface area contributed by atoms with Crippen molar-refractivity contribution < 1.29 is 4.39 Å². The minimum Gasteiger partial charge on any atom is -0.318 e. The maximum Gasteiger partial charge on any atom is 0.129 e. The summed E-state index contributed by atoms with van der Waals surface area (Å²) >= 11 is 0. The SMILES string of the molecule is CNCCN(C)Cc1ccc(C#N)cc1F. The number of nitrogens with zero attached hydrogens (tertiary/aromatic N) is 2. The van der Waals surface area contributed by atoms with Crippen molar-refractivity contribution in [3.05, 3.63) is 35.1 Å². The van der Waals surface area contributed by atoms with Crippen LogP contribution in [0.5, 0.6) is 0 Å². The predicted molar refractivity (Wildman–Crippen MR) is 61.4 cm³/mol. The summed E-state index contributed by atoms with van der Waals surface area (Å²) < 4.78 is 13.5. The molecule has 1 rings (SSSR count). The highest BCUT2D eigenvalue weighted by molar-refractivity contribution is 5.32. The molecule has 0 bridgehead atoms. The fourth-order valence-electron chi connectivity index (χ4n) is 1.42. The minimum absolute atomic E-state index is 0.310. The number of halogens is 1. The summed E-state index contributed by atoms with van der Waals surface area (Å²) in [4.78, 5) is 2.03. The molecule has 1 N–H and O–H groups in total. The predicted octanol–water partition coefficient (Wildman–Crippen LogP) is 1.35. The Morgan fingerprint density at radius 2 is 2.25 bits per heavy atom. The van der Waals surface area contributed by atoms with Gasteiger partial charge in [0.15, 0.2) is 0 Å². The highest BCUT2D eigenvalue weighted by Gasteiger charge is 2.06. The van der Waals surface area contributed by atoms with Gasteiger partial charge in [0.1, 0.15) is 5.82 Å². The summed E-state index contributed by atoms with van der Waals surface area (Å²) in [6.07, 6.45) is 0. The van der Waals surface area contributed by atoms with Crippen LogP contribution in [-0.4, -0.2) is 32.1 Å². The molecule has 0 atom stereocenters. The van der Waals surface area contributed by atoms with Gasteiger partial charge in [0.25, 0.3) is 0 Å². The van der Waals surface area contributed by atoms with Crippen LogP contribution in [0.3, 0.4) is 0 Å². The zero-order chi connectivity index (χ0) is 12.0. The Kier molecular flexibility index (Phi) is 4.90. The Morgan fingerprint density at radius 1 is 1.50 bits per heavy atom. The zero-order valence-corrected chi connectivity index (χ0v) is 9.63. The van der Waals surface area contributed by atoms with E-state index in [2.05, 4.69) is 5.32 Å². The van der Waals surface area contributed by atoms with Crippen LogP contribution in [0, 0.1) is 17.1 Å². The molecule has 0 aliphatic carbocycles. The van der Waals surface area contributed by atoms with E-state index in [-0.39, 0.29) is 5.82 Å². The molecule has 0 spiro atoms. The number of rotatable bonds is 5. The smallest absolute Gasteiger partial charge is 0.129 e. The van der Waals surface area contributed by atoms with Gasteiger partial charge in [-0.1, -0.05) is 6.07 Å². The molecule has 0 radical (unpaired) electrons. The molecule has 3 nitrogen and oxygen atoms in total. The van der Waals surface area contributed by atoms with Crippen molar-refractivity contribution in [2.24, 2.45) is 0 Å². The second-order valence-electron chi connectivity index (χ2n) is 3.76. The van der Waals surface area contributed by atoms with E-state index in [1.807, 2.05) is 25.1 Å². The number of hydrogen-bond donors (Lipinski definition) is 1. The highest BCUT2D eigenvalue weighted by atomic mass is 19.1. The second-order valence-corrected chi connectivity index (χ2v) is 3.76. The van der Waals surface area contributed by atoms with Gasteiger partial charge >= 0.3 is 0 Å². The van der Waals surface area contributed by atoms with E-state index in [1.165, 1.54) is 6.07 Å². The molecule has 86 valence electrons. The maximum atomic E-state index is 13.5. The summed E-state index contributed by atoms with van der Waals surface area (Å²) in [6.45, 7) is 2.28. The highest BCUT2D eigenvalue weighted by Crippen LogP contribution is 2.11. The quantitative estimate of drug-likeness (QED) is 0.815. The second kappa shape index (κ2) is 6.21. The lowest BCUT2D eigenvalue weighted by Crippen LogP contribution is -2.27. The molecule has 1 aromatic rings. The standard InChI is InChI=1S/C12H16FN3/c1-15-5-6-16(2)9-11-4-3-10(8-14)7-12(11)13/h3-4,7,15H,5-6,9H2,1-2H3. The monoisotopic (exact) mass is 221 g/mol. The lowest BCUT2D eigenvalue weighted by molar-refractivity contribution is 0.322. The van der Waals surface area contributed by atoms with Crippen LogP contribution in [0.1, 0.15) is 11.1 Å². The molecule has 0 unspecified atom stereocenters. The first-order valence-electron chi connectivity index (χ1n) is 5.19. The Bertz CT molecular complexity index is 384. The Labute approximate surface area is 95.5 Å². The molecule has 0 amide bonds. The molecular weight excluding hydrogens is 205 g/mol. The Hall–Kier alpha value is -1.44. The largest absolute Gasteiger partial charge is 0.318 e. The number of likely N-dealkylation sites (N-methyl/N-ethyl adjacent to an activating group) is 2. The van der Waals surface area contributed by atoms with Crippen LogP contribution in [-0.2, 0) is 6.54 Å². The van der Waals surface area contributed by atoms with Crippen LogP contribution < -0.4 is 5.32 Å². The normalized spacial score (nSPS) is 10.4. The maximum absolute atomic E-state index is 13.5. The van der Waals surface area contributed by atoms with Gasteiger partial charge in [-0.3, -0.25) is 0 Å². The van der Waals surface area contributed by atoms with Crippen LogP contribution in [0.4, 0.5) is 4.39 Å². The lowest BCUT2D eigenvalue weighted by atomic mass is 10.1. The molecule has 0 heterocycles. The molecule has 16 heavy (non-hydrogen) atoms. The van der Waals surface area contributed by atoms with Crippen molar-refractivity contribution in [2.75, 3.05) is 27.2 Å². The molecule has 1 aromatic carbocycles. The fourth-order valence-corrected chi connectivity index (χ4v) is 1.42. The van der Waals surface area contributed by atoms with Crippen LogP contribution in [0.2, 0.25) is 0 Å². The van der Waals surface area contributed by atoms with Gasteiger partial charge in [0.2, 0.25) is 0 Å². The van der Waals surface area contributed by atoms with E-state index in [9.17, 15) is 4.39 Å². The molecule has 0 aliphatic rings. The number of benzene rings is 1. The van der Waals surface area contributed by atoms with Crippen molar-refractivity contribution in [3.63, 3.8) is 0 Å². The van der Waals surface area contributed by atoms with Gasteiger partial charge in [0.05, 0.1) is 11.6 Å². The van der Waals surface area contributed by atoms with E-state index in [0.29, 0.717) is 17.7 Å². The third-order valence-corrected chi connectivity index (χ3v) is 2.37. The minimum atomic E-state index is -0.310. The summed E-state index contributed by atoms with van der Waals surface area (Å²) in [5.41, 5.74) is 0.983. The Morgan fingerprint density at radius 3 is 2.81 bits per heavy atom. The topological polar surface area (TPSA) is 39.1 Å². The molecule has 4 heteroatoms. The third-order valence-electron chi connectivity index (χ3n) is 2.37. The van der Waals surface area contributed by atoms with E-state index < -0.39 is 0 Å². The van der Waals surface area contributed by atoms with Gasteiger partial charge in [-0.05, 0) is 26.2 Å². The molecule has 0 aromatic heterocycles. The summed E-state index contributed by atoms with van der Waals surface area (Å²) in [7, 11) is 3.82. The van der Waals surface area contributed by atoms with Gasteiger partial charge in [-0.15, -0.1) is 0 Å². The van der Waals surface area contributed by atoms with Gasteiger partial charge < -0.3 is 10.2 Å². The Balaban J connectivity index is 2.64. The molecular formula is C12H16FN3.